The Labute approximate surface area is 91.2 Å². The first kappa shape index (κ1) is 12.0. The first-order chi connectivity index (χ1) is 7.38. The maximum Gasteiger partial charge on any atom is 0.123 e. The molecule has 84 valence electrons. The molecule has 0 saturated heterocycles. The second kappa shape index (κ2) is 7.26. The van der Waals surface area contributed by atoms with Crippen molar-refractivity contribution in [2.75, 3.05) is 19.8 Å². The van der Waals surface area contributed by atoms with Crippen LogP contribution < -0.4 is 10.5 Å². The summed E-state index contributed by atoms with van der Waals surface area (Å²) < 4.78 is 10.9. The topological polar surface area (TPSA) is 44.5 Å². The molecule has 3 heteroatoms. The molecule has 0 amide bonds. The van der Waals surface area contributed by atoms with Crippen molar-refractivity contribution in [3.05, 3.63) is 29.8 Å². The summed E-state index contributed by atoms with van der Waals surface area (Å²) in [5.74, 6) is 0.861. The van der Waals surface area contributed by atoms with Crippen molar-refractivity contribution in [3.8, 4) is 5.75 Å². The average Bonchev–Trinajstić information content (AvgIpc) is 2.29. The van der Waals surface area contributed by atoms with E-state index < -0.39 is 0 Å². The molecule has 0 aliphatic carbocycles. The van der Waals surface area contributed by atoms with E-state index in [1.807, 2.05) is 24.3 Å². The molecule has 0 heterocycles. The van der Waals surface area contributed by atoms with E-state index in [4.69, 9.17) is 15.2 Å². The second-order valence-electron chi connectivity index (χ2n) is 3.27. The Bertz CT molecular complexity index is 276. The Morgan fingerprint density at radius 2 is 1.93 bits per heavy atom. The number of rotatable bonds is 7. The van der Waals surface area contributed by atoms with E-state index in [-0.39, 0.29) is 0 Å². The highest BCUT2D eigenvalue weighted by atomic mass is 16.5. The molecule has 0 aromatic heterocycles. The molecule has 0 saturated carbocycles. The van der Waals surface area contributed by atoms with Gasteiger partial charge in [-0.15, -0.1) is 0 Å². The van der Waals surface area contributed by atoms with Gasteiger partial charge in [-0.25, -0.2) is 0 Å². The van der Waals surface area contributed by atoms with Gasteiger partial charge in [0.1, 0.15) is 12.4 Å². The summed E-state index contributed by atoms with van der Waals surface area (Å²) >= 11 is 0. The lowest BCUT2D eigenvalue weighted by atomic mass is 10.2. The van der Waals surface area contributed by atoms with E-state index in [2.05, 4.69) is 6.92 Å². The van der Waals surface area contributed by atoms with Gasteiger partial charge < -0.3 is 15.2 Å². The average molecular weight is 209 g/mol. The third kappa shape index (κ3) is 4.32. The van der Waals surface area contributed by atoms with Crippen LogP contribution in [0, 0.1) is 0 Å². The second-order valence-corrected chi connectivity index (χ2v) is 3.27. The van der Waals surface area contributed by atoms with Crippen molar-refractivity contribution < 1.29 is 9.47 Å². The van der Waals surface area contributed by atoms with E-state index in [1.54, 1.807) is 0 Å². The van der Waals surface area contributed by atoms with Gasteiger partial charge in [-0.2, -0.15) is 0 Å². The lowest BCUT2D eigenvalue weighted by Crippen LogP contribution is -2.09. The van der Waals surface area contributed by atoms with Crippen molar-refractivity contribution >= 4 is 0 Å². The van der Waals surface area contributed by atoms with Crippen molar-refractivity contribution in [1.82, 2.24) is 0 Å². The molecule has 15 heavy (non-hydrogen) atoms. The van der Waals surface area contributed by atoms with Crippen molar-refractivity contribution in [2.45, 2.75) is 19.9 Å². The van der Waals surface area contributed by atoms with E-state index in [0.717, 1.165) is 24.3 Å². The van der Waals surface area contributed by atoms with E-state index in [9.17, 15) is 0 Å². The van der Waals surface area contributed by atoms with Crippen LogP contribution in [0.15, 0.2) is 24.3 Å². The van der Waals surface area contributed by atoms with Crippen molar-refractivity contribution in [1.29, 1.82) is 0 Å². The number of ether oxygens (including phenoxy) is 2. The van der Waals surface area contributed by atoms with E-state index in [0.29, 0.717) is 19.8 Å². The van der Waals surface area contributed by atoms with E-state index in [1.165, 1.54) is 0 Å². The number of benzene rings is 1. The minimum absolute atomic E-state index is 0.506. The van der Waals surface area contributed by atoms with Crippen molar-refractivity contribution in [3.63, 3.8) is 0 Å². The first-order valence-corrected chi connectivity index (χ1v) is 5.37. The lowest BCUT2D eigenvalue weighted by Gasteiger charge is -2.09. The van der Waals surface area contributed by atoms with Gasteiger partial charge >= 0.3 is 0 Å². The molecule has 1 aromatic carbocycles. The van der Waals surface area contributed by atoms with Gasteiger partial charge in [-0.05, 0) is 12.5 Å². The van der Waals surface area contributed by atoms with Crippen LogP contribution in [-0.2, 0) is 11.3 Å². The summed E-state index contributed by atoms with van der Waals surface area (Å²) in [6.07, 6.45) is 1.04. The number of nitrogens with two attached hydrogens (primary N) is 1. The standard InChI is InChI=1S/C12H19NO2/c1-2-7-14-8-9-15-12-6-4-3-5-11(12)10-13/h3-6H,2,7-10,13H2,1H3. The van der Waals surface area contributed by atoms with Gasteiger partial charge in [0.2, 0.25) is 0 Å². The predicted molar refractivity (Wildman–Crippen MR) is 60.9 cm³/mol. The van der Waals surface area contributed by atoms with Crippen LogP contribution in [0.1, 0.15) is 18.9 Å². The fraction of sp³-hybridized carbons (Fsp3) is 0.500. The Hall–Kier alpha value is -1.06. The van der Waals surface area contributed by atoms with Gasteiger partial charge in [0.15, 0.2) is 0 Å². The highest BCUT2D eigenvalue weighted by molar-refractivity contribution is 5.32. The number of hydrogen-bond donors (Lipinski definition) is 1. The quantitative estimate of drug-likeness (QED) is 0.698. The molecule has 0 atom stereocenters. The van der Waals surface area contributed by atoms with E-state index >= 15 is 0 Å². The Kier molecular flexibility index (Phi) is 5.81. The first-order valence-electron chi connectivity index (χ1n) is 5.37. The largest absolute Gasteiger partial charge is 0.491 e. The molecule has 0 bridgehead atoms. The molecule has 0 aliphatic heterocycles. The van der Waals surface area contributed by atoms with Crippen LogP contribution in [0.5, 0.6) is 5.75 Å². The molecular weight excluding hydrogens is 190 g/mol. The highest BCUT2D eigenvalue weighted by Crippen LogP contribution is 2.16. The lowest BCUT2D eigenvalue weighted by molar-refractivity contribution is 0.100. The van der Waals surface area contributed by atoms with Crippen LogP contribution >= 0.6 is 0 Å². The molecule has 3 nitrogen and oxygen atoms in total. The zero-order valence-corrected chi connectivity index (χ0v) is 9.24. The fourth-order valence-corrected chi connectivity index (χ4v) is 1.27. The zero-order valence-electron chi connectivity index (χ0n) is 9.24. The summed E-state index contributed by atoms with van der Waals surface area (Å²) in [7, 11) is 0. The SMILES string of the molecule is CCCOCCOc1ccccc1CN. The predicted octanol–water partition coefficient (Wildman–Crippen LogP) is 1.95. The third-order valence-electron chi connectivity index (χ3n) is 2.03. The molecule has 0 spiro atoms. The maximum atomic E-state index is 5.59. The van der Waals surface area contributed by atoms with Gasteiger partial charge in [0.05, 0.1) is 6.61 Å². The van der Waals surface area contributed by atoms with Crippen LogP contribution in [0.3, 0.4) is 0 Å². The van der Waals surface area contributed by atoms with Gasteiger partial charge in [-0.3, -0.25) is 0 Å². The maximum absolute atomic E-state index is 5.59. The molecule has 0 radical (unpaired) electrons. The Morgan fingerprint density at radius 1 is 1.13 bits per heavy atom. The van der Waals surface area contributed by atoms with Crippen LogP contribution in [0.2, 0.25) is 0 Å². The third-order valence-corrected chi connectivity index (χ3v) is 2.03. The van der Waals surface area contributed by atoms with Gasteiger partial charge in [0.25, 0.3) is 0 Å². The van der Waals surface area contributed by atoms with Crippen LogP contribution in [0.25, 0.3) is 0 Å². The summed E-state index contributed by atoms with van der Waals surface area (Å²) in [5, 5.41) is 0. The molecular formula is C12H19NO2. The molecule has 1 rings (SSSR count). The summed E-state index contributed by atoms with van der Waals surface area (Å²) in [5.41, 5.74) is 6.63. The summed E-state index contributed by atoms with van der Waals surface area (Å²) in [4.78, 5) is 0. The number of hydrogen-bond acceptors (Lipinski definition) is 3. The van der Waals surface area contributed by atoms with Gasteiger partial charge in [0, 0.05) is 18.7 Å². The summed E-state index contributed by atoms with van der Waals surface area (Å²) in [6.45, 7) is 4.60. The minimum atomic E-state index is 0.506. The fourth-order valence-electron chi connectivity index (χ4n) is 1.27. The van der Waals surface area contributed by atoms with Crippen molar-refractivity contribution in [2.24, 2.45) is 5.73 Å². The van der Waals surface area contributed by atoms with Gasteiger partial charge in [-0.1, -0.05) is 25.1 Å². The summed E-state index contributed by atoms with van der Waals surface area (Å²) in [6, 6.07) is 7.81. The highest BCUT2D eigenvalue weighted by Gasteiger charge is 1.99. The molecule has 0 aliphatic rings. The van der Waals surface area contributed by atoms with Crippen LogP contribution in [-0.4, -0.2) is 19.8 Å². The zero-order chi connectivity index (χ0) is 10.9. The molecule has 0 fully saturated rings. The molecule has 0 unspecified atom stereocenters. The smallest absolute Gasteiger partial charge is 0.123 e. The minimum Gasteiger partial charge on any atom is -0.491 e. The monoisotopic (exact) mass is 209 g/mol. The Morgan fingerprint density at radius 3 is 2.67 bits per heavy atom. The molecule has 2 N–H and O–H groups in total. The molecule has 1 aromatic rings. The number of para-hydroxylation sites is 1. The normalized spacial score (nSPS) is 10.3. The van der Waals surface area contributed by atoms with Crippen LogP contribution in [0.4, 0.5) is 0 Å². The Balaban J connectivity index is 2.30.